The van der Waals surface area contributed by atoms with Crippen molar-refractivity contribution in [1.82, 2.24) is 0 Å². The summed E-state index contributed by atoms with van der Waals surface area (Å²) in [5.74, 6) is 0. The van der Waals surface area contributed by atoms with Gasteiger partial charge in [0.25, 0.3) is 0 Å². The van der Waals surface area contributed by atoms with Crippen molar-refractivity contribution in [3.05, 3.63) is 64.8 Å². The van der Waals surface area contributed by atoms with Gasteiger partial charge in [-0.3, -0.25) is 0 Å². The fourth-order valence-corrected chi connectivity index (χ4v) is 6.46. The van der Waals surface area contributed by atoms with Crippen LogP contribution in [0.3, 0.4) is 0 Å². The SMILES string of the molecule is CCCCc1cccc2c3[n+](ccc12)C(CC)(CC)C(C)(CC)c1cc(C)c(C)cc1-3. The summed E-state index contributed by atoms with van der Waals surface area (Å²) in [7, 11) is 0. The minimum Gasteiger partial charge on any atom is -0.192 e. The van der Waals surface area contributed by atoms with Crippen LogP contribution in [0.4, 0.5) is 0 Å². The van der Waals surface area contributed by atoms with Gasteiger partial charge in [-0.05, 0) is 79.8 Å². The van der Waals surface area contributed by atoms with Crippen LogP contribution in [-0.4, -0.2) is 0 Å². The van der Waals surface area contributed by atoms with E-state index in [0.29, 0.717) is 0 Å². The van der Waals surface area contributed by atoms with Crippen molar-refractivity contribution in [3.8, 4) is 11.3 Å². The average molecular weight is 415 g/mol. The highest BCUT2D eigenvalue weighted by Gasteiger charge is 2.58. The Bertz CT molecular complexity index is 1120. The summed E-state index contributed by atoms with van der Waals surface area (Å²) < 4.78 is 2.68. The molecule has 0 fully saturated rings. The largest absolute Gasteiger partial charge is 0.221 e. The Balaban J connectivity index is 2.16. The molecule has 0 aliphatic carbocycles. The van der Waals surface area contributed by atoms with Gasteiger partial charge in [-0.25, -0.2) is 0 Å². The maximum atomic E-state index is 2.68. The molecule has 0 saturated heterocycles. The molecule has 1 nitrogen and oxygen atoms in total. The summed E-state index contributed by atoms with van der Waals surface area (Å²) in [6.45, 7) is 16.5. The van der Waals surface area contributed by atoms with E-state index in [2.05, 4.69) is 95.6 Å². The minimum atomic E-state index is 0.0827. The van der Waals surface area contributed by atoms with E-state index in [1.807, 2.05) is 0 Å². The first-order valence-corrected chi connectivity index (χ1v) is 12.5. The lowest BCUT2D eigenvalue weighted by atomic mass is 9.58. The van der Waals surface area contributed by atoms with Crippen LogP contribution in [-0.2, 0) is 17.4 Å². The van der Waals surface area contributed by atoms with Gasteiger partial charge in [0.2, 0.25) is 5.69 Å². The Morgan fingerprint density at radius 3 is 2.19 bits per heavy atom. The van der Waals surface area contributed by atoms with Gasteiger partial charge in [-0.2, -0.15) is 4.57 Å². The van der Waals surface area contributed by atoms with Gasteiger partial charge in [-0.1, -0.05) is 52.3 Å². The van der Waals surface area contributed by atoms with Crippen molar-refractivity contribution < 1.29 is 4.57 Å². The molecule has 1 aromatic heterocycles. The summed E-state index contributed by atoms with van der Waals surface area (Å²) in [5, 5.41) is 2.86. The van der Waals surface area contributed by atoms with Crippen molar-refractivity contribution in [2.75, 3.05) is 0 Å². The van der Waals surface area contributed by atoms with Crippen LogP contribution >= 0.6 is 0 Å². The molecule has 3 aromatic rings. The molecule has 31 heavy (non-hydrogen) atoms. The number of aryl methyl sites for hydroxylation is 3. The molecule has 0 N–H and O–H groups in total. The molecule has 0 amide bonds. The standard InChI is InChI=1S/C30H40N/c1-8-12-14-23-15-13-16-25-24(23)17-18-31-28(25)26-19-21(5)22(6)20-27(26)29(7,9-2)30(31,10-3)11-4/h13,15-20H,8-12,14H2,1-7H3/q+1. The highest BCUT2D eigenvalue weighted by molar-refractivity contribution is 5.96. The second kappa shape index (κ2) is 8.08. The van der Waals surface area contributed by atoms with Crippen molar-refractivity contribution in [2.45, 2.75) is 97.9 Å². The first-order chi connectivity index (χ1) is 14.9. The Labute approximate surface area is 189 Å². The van der Waals surface area contributed by atoms with Gasteiger partial charge in [-0.15, -0.1) is 0 Å². The number of unbranched alkanes of at least 4 members (excludes halogenated alkanes) is 1. The Kier molecular flexibility index (Phi) is 5.75. The second-order valence-electron chi connectivity index (χ2n) is 9.92. The molecule has 1 heteroatoms. The van der Waals surface area contributed by atoms with Crippen LogP contribution in [0, 0.1) is 13.8 Å². The number of benzene rings is 2. The second-order valence-corrected chi connectivity index (χ2v) is 9.92. The summed E-state index contributed by atoms with van der Waals surface area (Å²) in [4.78, 5) is 0. The van der Waals surface area contributed by atoms with Crippen LogP contribution in [0.2, 0.25) is 0 Å². The van der Waals surface area contributed by atoms with Crippen molar-refractivity contribution >= 4 is 10.8 Å². The third-order valence-corrected chi connectivity index (χ3v) is 8.73. The first-order valence-electron chi connectivity index (χ1n) is 12.5. The third kappa shape index (κ3) is 2.99. The van der Waals surface area contributed by atoms with Crippen molar-refractivity contribution in [3.63, 3.8) is 0 Å². The lowest BCUT2D eigenvalue weighted by Gasteiger charge is -2.48. The normalized spacial score (nSPS) is 19.3. The molecular formula is C30H40N+. The zero-order valence-corrected chi connectivity index (χ0v) is 20.7. The molecule has 164 valence electrons. The summed E-state index contributed by atoms with van der Waals surface area (Å²) in [6.07, 6.45) is 9.49. The summed E-state index contributed by atoms with van der Waals surface area (Å²) in [6, 6.07) is 14.4. The minimum absolute atomic E-state index is 0.0827. The molecule has 0 spiro atoms. The number of hydrogen-bond acceptors (Lipinski definition) is 0. The highest BCUT2D eigenvalue weighted by atomic mass is 15.1. The Hall–Kier alpha value is -2.15. The molecule has 1 aliphatic rings. The molecular weight excluding hydrogens is 374 g/mol. The lowest BCUT2D eigenvalue weighted by Crippen LogP contribution is -2.68. The predicted molar refractivity (Wildman–Crippen MR) is 134 cm³/mol. The summed E-state index contributed by atoms with van der Waals surface area (Å²) >= 11 is 0. The Morgan fingerprint density at radius 2 is 1.55 bits per heavy atom. The number of aromatic nitrogens is 1. The van der Waals surface area contributed by atoms with Gasteiger partial charge in [0.15, 0.2) is 11.7 Å². The molecule has 2 aromatic carbocycles. The van der Waals surface area contributed by atoms with Crippen LogP contribution < -0.4 is 4.57 Å². The molecule has 4 rings (SSSR count). The van der Waals surface area contributed by atoms with E-state index in [0.717, 1.165) is 25.7 Å². The number of pyridine rings is 1. The number of hydrogen-bond donors (Lipinski definition) is 0. The molecule has 1 aliphatic heterocycles. The number of nitrogens with zero attached hydrogens (tertiary/aromatic N) is 1. The third-order valence-electron chi connectivity index (χ3n) is 8.73. The van der Waals surface area contributed by atoms with Gasteiger partial charge in [0.1, 0.15) is 0 Å². The Morgan fingerprint density at radius 1 is 0.839 bits per heavy atom. The maximum absolute atomic E-state index is 2.68. The zero-order chi connectivity index (χ0) is 22.4. The van der Waals surface area contributed by atoms with E-state index in [1.54, 1.807) is 5.56 Å². The fraction of sp³-hybridized carbons (Fsp3) is 0.500. The molecule has 0 bridgehead atoms. The van der Waals surface area contributed by atoms with E-state index >= 15 is 0 Å². The summed E-state index contributed by atoms with van der Waals surface area (Å²) in [5.41, 5.74) is 8.92. The highest BCUT2D eigenvalue weighted by Crippen LogP contribution is 2.52. The van der Waals surface area contributed by atoms with E-state index < -0.39 is 0 Å². The molecule has 1 unspecified atom stereocenters. The molecule has 1 atom stereocenters. The van der Waals surface area contributed by atoms with Gasteiger partial charge >= 0.3 is 0 Å². The van der Waals surface area contributed by atoms with Crippen LogP contribution in [0.25, 0.3) is 22.0 Å². The van der Waals surface area contributed by atoms with Crippen molar-refractivity contribution in [2.24, 2.45) is 0 Å². The van der Waals surface area contributed by atoms with E-state index in [-0.39, 0.29) is 11.0 Å². The fourth-order valence-electron chi connectivity index (χ4n) is 6.46. The van der Waals surface area contributed by atoms with Gasteiger partial charge in [0, 0.05) is 18.9 Å². The zero-order valence-electron chi connectivity index (χ0n) is 20.7. The maximum Gasteiger partial charge on any atom is 0.221 e. The molecule has 0 radical (unpaired) electrons. The monoisotopic (exact) mass is 414 g/mol. The van der Waals surface area contributed by atoms with Crippen molar-refractivity contribution in [1.29, 1.82) is 0 Å². The average Bonchev–Trinajstić information content (AvgIpc) is 2.79. The van der Waals surface area contributed by atoms with E-state index in [4.69, 9.17) is 0 Å². The molecule has 2 heterocycles. The van der Waals surface area contributed by atoms with E-state index in [1.165, 1.54) is 51.6 Å². The quantitative estimate of drug-likeness (QED) is 0.360. The van der Waals surface area contributed by atoms with Gasteiger partial charge in [0.05, 0.1) is 16.4 Å². The first kappa shape index (κ1) is 22.1. The predicted octanol–water partition coefficient (Wildman–Crippen LogP) is 7.95. The molecule has 0 saturated carbocycles. The van der Waals surface area contributed by atoms with Gasteiger partial charge < -0.3 is 0 Å². The van der Waals surface area contributed by atoms with Crippen LogP contribution in [0.1, 0.15) is 89.0 Å². The smallest absolute Gasteiger partial charge is 0.192 e. The topological polar surface area (TPSA) is 3.88 Å². The number of fused-ring (bicyclic) bond motifs is 5. The van der Waals surface area contributed by atoms with Crippen LogP contribution in [0.5, 0.6) is 0 Å². The van der Waals surface area contributed by atoms with E-state index in [9.17, 15) is 0 Å². The number of rotatable bonds is 6. The van der Waals surface area contributed by atoms with Crippen LogP contribution in [0.15, 0.2) is 42.6 Å². The lowest BCUT2D eigenvalue weighted by molar-refractivity contribution is -0.768.